The van der Waals surface area contributed by atoms with Crippen LogP contribution in [-0.2, 0) is 11.2 Å². The smallest absolute Gasteiger partial charge is 0.109 e. The Morgan fingerprint density at radius 3 is 2.80 bits per heavy atom. The van der Waals surface area contributed by atoms with E-state index in [1.165, 1.54) is 0 Å². The highest BCUT2D eigenvalue weighted by Gasteiger charge is 2.44. The topological polar surface area (TPSA) is 91.8 Å². The van der Waals surface area contributed by atoms with Gasteiger partial charge in [-0.25, -0.2) is 0 Å². The monoisotopic (exact) mass is 281 g/mol. The summed E-state index contributed by atoms with van der Waals surface area (Å²) in [6, 6.07) is 5.63. The molecule has 0 amide bonds. The highest BCUT2D eigenvalue weighted by Crippen LogP contribution is 2.24. The highest BCUT2D eigenvalue weighted by atomic mass is 16.5. The average molecular weight is 281 g/mol. The quantitative estimate of drug-likeness (QED) is 0.620. The van der Waals surface area contributed by atoms with E-state index in [4.69, 9.17) is 10.5 Å². The van der Waals surface area contributed by atoms with Crippen LogP contribution < -0.4 is 5.73 Å². The first kappa shape index (κ1) is 15.3. The zero-order chi connectivity index (χ0) is 14.5. The first-order chi connectivity index (χ1) is 9.67. The van der Waals surface area contributed by atoms with Crippen LogP contribution in [0.1, 0.15) is 5.69 Å². The van der Waals surface area contributed by atoms with Crippen molar-refractivity contribution in [3.8, 4) is 0 Å². The van der Waals surface area contributed by atoms with Gasteiger partial charge in [0.05, 0.1) is 18.8 Å². The molecule has 1 aliphatic heterocycles. The number of nitrogens with two attached hydrogens (primary N) is 1. The molecule has 2 heterocycles. The summed E-state index contributed by atoms with van der Waals surface area (Å²) < 4.78 is 5.58. The second-order valence-corrected chi connectivity index (χ2v) is 5.16. The van der Waals surface area contributed by atoms with Gasteiger partial charge in [0.25, 0.3) is 0 Å². The fraction of sp³-hybridized carbons (Fsp3) is 0.643. The molecule has 0 radical (unpaired) electrons. The summed E-state index contributed by atoms with van der Waals surface area (Å²) in [6.45, 7) is 0.880. The van der Waals surface area contributed by atoms with Gasteiger partial charge in [0.2, 0.25) is 0 Å². The van der Waals surface area contributed by atoms with Crippen molar-refractivity contribution < 1.29 is 14.9 Å². The molecular formula is C14H23N3O3. The predicted octanol–water partition coefficient (Wildman–Crippen LogP) is -0.996. The first-order valence-electron chi connectivity index (χ1n) is 6.92. The third-order valence-electron chi connectivity index (χ3n) is 3.83. The summed E-state index contributed by atoms with van der Waals surface area (Å²) in [5, 5.41) is 19.4. The Kier molecular flexibility index (Phi) is 5.45. The van der Waals surface area contributed by atoms with Crippen molar-refractivity contribution >= 4 is 0 Å². The molecular weight excluding hydrogens is 258 g/mol. The lowest BCUT2D eigenvalue weighted by atomic mass is 10.0. The molecule has 0 spiro atoms. The molecule has 0 aromatic carbocycles. The average Bonchev–Trinajstić information content (AvgIpc) is 2.82. The minimum absolute atomic E-state index is 0.192. The SMILES string of the molecule is CN(CCc1ccccn1)[C@H]1[C@H](O)[C@H](CO)O[C@@H]1CN. The number of aliphatic hydroxyl groups is 2. The summed E-state index contributed by atoms with van der Waals surface area (Å²) >= 11 is 0. The Morgan fingerprint density at radius 2 is 2.20 bits per heavy atom. The van der Waals surface area contributed by atoms with E-state index in [1.807, 2.05) is 30.1 Å². The van der Waals surface area contributed by atoms with Crippen LogP contribution in [0, 0.1) is 0 Å². The predicted molar refractivity (Wildman–Crippen MR) is 75.2 cm³/mol. The van der Waals surface area contributed by atoms with Crippen molar-refractivity contribution in [1.29, 1.82) is 0 Å². The van der Waals surface area contributed by atoms with Crippen LogP contribution in [0.25, 0.3) is 0 Å². The third-order valence-corrected chi connectivity index (χ3v) is 3.83. The fourth-order valence-electron chi connectivity index (χ4n) is 2.70. The second-order valence-electron chi connectivity index (χ2n) is 5.16. The lowest BCUT2D eigenvalue weighted by molar-refractivity contribution is -0.0193. The van der Waals surface area contributed by atoms with Gasteiger partial charge in [0.1, 0.15) is 12.2 Å². The lowest BCUT2D eigenvalue weighted by Crippen LogP contribution is -2.49. The minimum Gasteiger partial charge on any atom is -0.394 e. The summed E-state index contributed by atoms with van der Waals surface area (Å²) in [5.41, 5.74) is 6.70. The van der Waals surface area contributed by atoms with Crippen LogP contribution in [0.3, 0.4) is 0 Å². The number of nitrogens with zero attached hydrogens (tertiary/aromatic N) is 2. The van der Waals surface area contributed by atoms with Crippen molar-refractivity contribution in [1.82, 2.24) is 9.88 Å². The van der Waals surface area contributed by atoms with E-state index >= 15 is 0 Å². The van der Waals surface area contributed by atoms with E-state index in [1.54, 1.807) is 6.20 Å². The van der Waals surface area contributed by atoms with Crippen LogP contribution >= 0.6 is 0 Å². The standard InChI is InChI=1S/C14H23N3O3/c1-17(7-5-10-4-2-3-6-16-10)13-11(8-15)20-12(9-18)14(13)19/h2-4,6,11-14,18-19H,5,7-9,15H2,1H3/t11-,12+,13-,14-/m1/s1. The summed E-state index contributed by atoms with van der Waals surface area (Å²) in [5.74, 6) is 0. The number of hydrogen-bond donors (Lipinski definition) is 3. The number of hydrogen-bond acceptors (Lipinski definition) is 6. The van der Waals surface area contributed by atoms with Gasteiger partial charge < -0.3 is 20.7 Å². The molecule has 2 rings (SSSR count). The van der Waals surface area contributed by atoms with E-state index in [0.29, 0.717) is 6.54 Å². The maximum absolute atomic E-state index is 10.2. The molecule has 4 N–H and O–H groups in total. The van der Waals surface area contributed by atoms with Gasteiger partial charge in [-0.2, -0.15) is 0 Å². The van der Waals surface area contributed by atoms with E-state index in [0.717, 1.165) is 18.7 Å². The molecule has 1 aliphatic rings. The Morgan fingerprint density at radius 1 is 1.40 bits per heavy atom. The largest absolute Gasteiger partial charge is 0.394 e. The van der Waals surface area contributed by atoms with Crippen LogP contribution in [0.2, 0.25) is 0 Å². The van der Waals surface area contributed by atoms with Crippen LogP contribution in [0.15, 0.2) is 24.4 Å². The number of ether oxygens (including phenoxy) is 1. The van der Waals surface area contributed by atoms with Gasteiger partial charge in [-0.05, 0) is 19.2 Å². The van der Waals surface area contributed by atoms with Gasteiger partial charge in [-0.3, -0.25) is 9.88 Å². The summed E-state index contributed by atoms with van der Waals surface area (Å²) in [6.07, 6.45) is 1.04. The van der Waals surface area contributed by atoms with Gasteiger partial charge in [0.15, 0.2) is 0 Å². The lowest BCUT2D eigenvalue weighted by Gasteiger charge is -2.29. The molecule has 0 bridgehead atoms. The third kappa shape index (κ3) is 3.34. The van der Waals surface area contributed by atoms with Crippen molar-refractivity contribution in [3.05, 3.63) is 30.1 Å². The van der Waals surface area contributed by atoms with E-state index in [9.17, 15) is 10.2 Å². The maximum Gasteiger partial charge on any atom is 0.109 e. The Bertz CT molecular complexity index is 402. The van der Waals surface area contributed by atoms with E-state index < -0.39 is 12.2 Å². The van der Waals surface area contributed by atoms with Crippen LogP contribution in [0.5, 0.6) is 0 Å². The summed E-state index contributed by atoms with van der Waals surface area (Å²) in [4.78, 5) is 6.32. The number of aliphatic hydroxyl groups excluding tert-OH is 2. The van der Waals surface area contributed by atoms with Gasteiger partial charge >= 0.3 is 0 Å². The van der Waals surface area contributed by atoms with Crippen LogP contribution in [-0.4, -0.2) is 71.2 Å². The molecule has 1 aromatic heterocycles. The summed E-state index contributed by atoms with van der Waals surface area (Å²) in [7, 11) is 1.93. The minimum atomic E-state index is -0.720. The van der Waals surface area contributed by atoms with Crippen molar-refractivity contribution in [2.24, 2.45) is 5.73 Å². The molecule has 0 saturated carbocycles. The van der Waals surface area contributed by atoms with Crippen molar-refractivity contribution in [2.75, 3.05) is 26.7 Å². The van der Waals surface area contributed by atoms with Crippen molar-refractivity contribution in [3.63, 3.8) is 0 Å². The van der Waals surface area contributed by atoms with Crippen molar-refractivity contribution in [2.45, 2.75) is 30.8 Å². The molecule has 0 aliphatic carbocycles. The molecule has 20 heavy (non-hydrogen) atoms. The van der Waals surface area contributed by atoms with Gasteiger partial charge in [0, 0.05) is 31.4 Å². The van der Waals surface area contributed by atoms with E-state index in [-0.39, 0.29) is 18.8 Å². The first-order valence-corrected chi connectivity index (χ1v) is 6.92. The normalized spacial score (nSPS) is 30.1. The van der Waals surface area contributed by atoms with E-state index in [2.05, 4.69) is 4.98 Å². The molecule has 6 heteroatoms. The molecule has 1 saturated heterocycles. The number of rotatable bonds is 6. The molecule has 4 atom stereocenters. The van der Waals surface area contributed by atoms with Gasteiger partial charge in [-0.15, -0.1) is 0 Å². The molecule has 112 valence electrons. The number of likely N-dealkylation sites (N-methyl/N-ethyl adjacent to an activating group) is 1. The highest BCUT2D eigenvalue weighted by molar-refractivity contribution is 5.04. The van der Waals surface area contributed by atoms with Crippen LogP contribution in [0.4, 0.5) is 0 Å². The zero-order valence-electron chi connectivity index (χ0n) is 11.7. The molecule has 1 aromatic rings. The maximum atomic E-state index is 10.2. The van der Waals surface area contributed by atoms with Gasteiger partial charge in [-0.1, -0.05) is 6.07 Å². The zero-order valence-corrected chi connectivity index (χ0v) is 11.7. The Balaban J connectivity index is 1.95. The molecule has 1 fully saturated rings. The number of pyridine rings is 1. The second kappa shape index (κ2) is 7.10. The number of aromatic nitrogens is 1. The molecule has 0 unspecified atom stereocenters. The Hall–Kier alpha value is -1.05. The fourth-order valence-corrected chi connectivity index (χ4v) is 2.70. The molecule has 6 nitrogen and oxygen atoms in total. The Labute approximate surface area is 119 Å².